The van der Waals surface area contributed by atoms with Crippen molar-refractivity contribution in [2.45, 2.75) is 13.5 Å². The van der Waals surface area contributed by atoms with Crippen LogP contribution in [0.4, 0.5) is 4.39 Å². The predicted octanol–water partition coefficient (Wildman–Crippen LogP) is 6.38. The number of nitrogens with zero attached hydrogens (tertiary/aromatic N) is 3. The molecule has 0 radical (unpaired) electrons. The summed E-state index contributed by atoms with van der Waals surface area (Å²) >= 11 is 3.54. The van der Waals surface area contributed by atoms with Crippen molar-refractivity contribution in [2.24, 2.45) is 0 Å². The van der Waals surface area contributed by atoms with Gasteiger partial charge in [-0.05, 0) is 55.0 Å². The third-order valence-electron chi connectivity index (χ3n) is 5.00. The van der Waals surface area contributed by atoms with Gasteiger partial charge in [0.15, 0.2) is 11.5 Å². The van der Waals surface area contributed by atoms with Gasteiger partial charge in [0.25, 0.3) is 0 Å². The van der Waals surface area contributed by atoms with Crippen molar-refractivity contribution in [3.8, 4) is 23.6 Å². The Morgan fingerprint density at radius 2 is 1.91 bits per heavy atom. The Balaban J connectivity index is 1.67. The van der Waals surface area contributed by atoms with Gasteiger partial charge in [-0.1, -0.05) is 34.1 Å². The van der Waals surface area contributed by atoms with E-state index in [1.165, 1.54) is 12.1 Å². The van der Waals surface area contributed by atoms with E-state index >= 15 is 0 Å². The Kier molecular flexibility index (Phi) is 6.91. The molecule has 0 atom stereocenters. The Morgan fingerprint density at radius 1 is 1.12 bits per heavy atom. The van der Waals surface area contributed by atoms with E-state index in [2.05, 4.69) is 38.0 Å². The normalized spacial score (nSPS) is 11.1. The third-order valence-corrected chi connectivity index (χ3v) is 5.69. The zero-order valence-electron chi connectivity index (χ0n) is 18.1. The number of hydrogen-bond donors (Lipinski definition) is 1. The van der Waals surface area contributed by atoms with E-state index in [-0.39, 0.29) is 18.0 Å². The van der Waals surface area contributed by atoms with Gasteiger partial charge in [-0.2, -0.15) is 10.5 Å². The average molecular weight is 517 g/mol. The highest BCUT2D eigenvalue weighted by Gasteiger charge is 2.14. The minimum atomic E-state index is -0.387. The van der Waals surface area contributed by atoms with Crippen LogP contribution in [0.1, 0.15) is 29.4 Å². The van der Waals surface area contributed by atoms with Crippen LogP contribution in [0.15, 0.2) is 59.1 Å². The maximum absolute atomic E-state index is 13.5. The largest absolute Gasteiger partial charge is 0.490 e. The van der Waals surface area contributed by atoms with Gasteiger partial charge >= 0.3 is 0 Å². The summed E-state index contributed by atoms with van der Waals surface area (Å²) in [5.41, 5.74) is 3.33. The molecule has 8 heteroatoms. The Bertz CT molecular complexity index is 1480. The fraction of sp³-hybridized carbons (Fsp3) is 0.115. The first-order chi connectivity index (χ1) is 16.5. The molecule has 4 aromatic rings. The number of ether oxygens (including phenoxy) is 2. The van der Waals surface area contributed by atoms with Crippen molar-refractivity contribution in [1.29, 1.82) is 10.5 Å². The van der Waals surface area contributed by atoms with Crippen LogP contribution in [-0.2, 0) is 6.61 Å². The molecule has 0 aliphatic rings. The molecular formula is C26H18BrFN4O2. The summed E-state index contributed by atoms with van der Waals surface area (Å²) in [6.45, 7) is 2.47. The van der Waals surface area contributed by atoms with Crippen molar-refractivity contribution in [3.63, 3.8) is 0 Å². The fourth-order valence-corrected chi connectivity index (χ4v) is 3.81. The van der Waals surface area contributed by atoms with E-state index < -0.39 is 0 Å². The van der Waals surface area contributed by atoms with Crippen molar-refractivity contribution in [2.75, 3.05) is 6.61 Å². The SMILES string of the molecule is CCOc1cc(/C=C(/C#N)c2nc3ccc(F)cc3[nH]2)c(Br)cc1OCc1ccccc1C#N. The molecule has 0 saturated heterocycles. The molecule has 1 aromatic heterocycles. The molecule has 0 fully saturated rings. The van der Waals surface area contributed by atoms with Crippen LogP contribution in [0, 0.1) is 28.5 Å². The fourth-order valence-electron chi connectivity index (χ4n) is 3.37. The van der Waals surface area contributed by atoms with Crippen LogP contribution in [0.3, 0.4) is 0 Å². The van der Waals surface area contributed by atoms with Gasteiger partial charge < -0.3 is 14.5 Å². The molecule has 4 rings (SSSR count). The highest BCUT2D eigenvalue weighted by Crippen LogP contribution is 2.36. The number of nitrogens with one attached hydrogen (secondary N) is 1. The van der Waals surface area contributed by atoms with Crippen molar-refractivity contribution < 1.29 is 13.9 Å². The predicted molar refractivity (Wildman–Crippen MR) is 130 cm³/mol. The van der Waals surface area contributed by atoms with E-state index in [1.54, 1.807) is 36.4 Å². The lowest BCUT2D eigenvalue weighted by Gasteiger charge is -2.14. The second-order valence-corrected chi connectivity index (χ2v) is 8.08. The Labute approximate surface area is 204 Å². The number of imidazole rings is 1. The number of hydrogen-bond acceptors (Lipinski definition) is 5. The van der Waals surface area contributed by atoms with Crippen LogP contribution in [0.2, 0.25) is 0 Å². The molecule has 1 heterocycles. The number of fused-ring (bicyclic) bond motifs is 1. The van der Waals surface area contributed by atoms with Crippen LogP contribution >= 0.6 is 15.9 Å². The van der Waals surface area contributed by atoms with Gasteiger partial charge in [-0.25, -0.2) is 9.37 Å². The molecule has 1 N–H and O–H groups in total. The second-order valence-electron chi connectivity index (χ2n) is 7.23. The first-order valence-electron chi connectivity index (χ1n) is 10.4. The number of benzene rings is 3. The molecule has 0 amide bonds. The molecule has 0 aliphatic carbocycles. The zero-order valence-corrected chi connectivity index (χ0v) is 19.7. The second kappa shape index (κ2) is 10.2. The molecule has 0 aliphatic heterocycles. The number of aromatic amines is 1. The van der Waals surface area contributed by atoms with Crippen molar-refractivity contribution in [1.82, 2.24) is 9.97 Å². The maximum Gasteiger partial charge on any atom is 0.162 e. The van der Waals surface area contributed by atoms with Gasteiger partial charge in [-0.15, -0.1) is 0 Å². The number of nitriles is 2. The number of aromatic nitrogens is 2. The van der Waals surface area contributed by atoms with Gasteiger partial charge in [0.2, 0.25) is 0 Å². The first kappa shape index (κ1) is 23.0. The lowest BCUT2D eigenvalue weighted by molar-refractivity contribution is 0.269. The third kappa shape index (κ3) is 4.93. The lowest BCUT2D eigenvalue weighted by atomic mass is 10.1. The van der Waals surface area contributed by atoms with Crippen LogP contribution in [-0.4, -0.2) is 16.6 Å². The monoisotopic (exact) mass is 516 g/mol. The van der Waals surface area contributed by atoms with Crippen molar-refractivity contribution >= 4 is 38.6 Å². The summed E-state index contributed by atoms with van der Waals surface area (Å²) in [5, 5.41) is 19.0. The highest BCUT2D eigenvalue weighted by molar-refractivity contribution is 9.10. The van der Waals surface area contributed by atoms with Crippen molar-refractivity contribution in [3.05, 3.63) is 87.4 Å². The lowest BCUT2D eigenvalue weighted by Crippen LogP contribution is -2.02. The smallest absolute Gasteiger partial charge is 0.162 e. The van der Waals surface area contributed by atoms with Gasteiger partial charge in [0.05, 0.1) is 34.8 Å². The summed E-state index contributed by atoms with van der Waals surface area (Å²) in [7, 11) is 0. The highest BCUT2D eigenvalue weighted by atomic mass is 79.9. The first-order valence-corrected chi connectivity index (χ1v) is 11.2. The summed E-state index contributed by atoms with van der Waals surface area (Å²) in [4.78, 5) is 7.38. The quantitative estimate of drug-likeness (QED) is 0.287. The Hall–Kier alpha value is -4.14. The molecule has 6 nitrogen and oxygen atoms in total. The minimum Gasteiger partial charge on any atom is -0.490 e. The summed E-state index contributed by atoms with van der Waals surface area (Å²) in [6.07, 6.45) is 1.66. The van der Waals surface area contributed by atoms with E-state index in [4.69, 9.17) is 9.47 Å². The minimum absolute atomic E-state index is 0.199. The van der Waals surface area contributed by atoms with Crippen LogP contribution < -0.4 is 9.47 Å². The molecule has 0 unspecified atom stereocenters. The standard InChI is InChI=1S/C26H18BrFN4O2/c1-2-33-24-10-18(9-19(14-30)26-31-22-8-7-20(28)11-23(22)32-26)21(27)12-25(24)34-15-17-6-4-3-5-16(17)13-29/h3-12H,2,15H2,1H3,(H,31,32)/b19-9-. The molecule has 34 heavy (non-hydrogen) atoms. The summed E-state index contributed by atoms with van der Waals surface area (Å²) in [6, 6.07) is 19.3. The molecule has 0 bridgehead atoms. The topological polar surface area (TPSA) is 94.7 Å². The summed E-state index contributed by atoms with van der Waals surface area (Å²) in [5.74, 6) is 0.940. The summed E-state index contributed by atoms with van der Waals surface area (Å²) < 4.78 is 25.9. The van der Waals surface area contributed by atoms with Gasteiger partial charge in [0, 0.05) is 10.0 Å². The molecule has 0 spiro atoms. The molecular weight excluding hydrogens is 499 g/mol. The molecule has 168 valence electrons. The average Bonchev–Trinajstić information content (AvgIpc) is 3.26. The van der Waals surface area contributed by atoms with Gasteiger partial charge in [0.1, 0.15) is 24.3 Å². The molecule has 0 saturated carbocycles. The number of rotatable bonds is 7. The van der Waals surface area contributed by atoms with Crippen LogP contribution in [0.25, 0.3) is 22.7 Å². The number of H-pyrrole nitrogens is 1. The van der Waals surface area contributed by atoms with Gasteiger partial charge in [-0.3, -0.25) is 0 Å². The maximum atomic E-state index is 13.5. The van der Waals surface area contributed by atoms with E-state index in [9.17, 15) is 14.9 Å². The molecule has 3 aromatic carbocycles. The number of allylic oxidation sites excluding steroid dienone is 1. The van der Waals surface area contributed by atoms with Crippen LogP contribution in [0.5, 0.6) is 11.5 Å². The van der Waals surface area contributed by atoms with E-state index in [0.29, 0.717) is 50.6 Å². The van der Waals surface area contributed by atoms with E-state index in [0.717, 1.165) is 5.56 Å². The zero-order chi connectivity index (χ0) is 24.1. The van der Waals surface area contributed by atoms with E-state index in [1.807, 2.05) is 19.1 Å². The number of halogens is 2. The Morgan fingerprint density at radius 3 is 2.68 bits per heavy atom.